The van der Waals surface area contributed by atoms with Crippen LogP contribution in [0.4, 0.5) is 10.5 Å². The standard InChI is InChI=1S/C28H28N2O5/c1-18(2)15-30(16-26(31)32)27(33)19-8-7-9-20(14-19)29-28(34)35-17-25-23-12-5-3-10-21(23)22-11-4-6-13-24(22)25/h3-14,18,25H,15-17H2,1-2H3,(H,29,34)(H,31,32). The molecule has 0 aliphatic heterocycles. The first-order chi connectivity index (χ1) is 16.8. The Balaban J connectivity index is 1.43. The van der Waals surface area contributed by atoms with E-state index in [1.54, 1.807) is 18.2 Å². The van der Waals surface area contributed by atoms with Gasteiger partial charge >= 0.3 is 12.1 Å². The van der Waals surface area contributed by atoms with Crippen molar-refractivity contribution < 1.29 is 24.2 Å². The topological polar surface area (TPSA) is 95.9 Å². The van der Waals surface area contributed by atoms with Gasteiger partial charge in [0.2, 0.25) is 0 Å². The summed E-state index contributed by atoms with van der Waals surface area (Å²) in [7, 11) is 0. The van der Waals surface area contributed by atoms with E-state index in [4.69, 9.17) is 4.74 Å². The van der Waals surface area contributed by atoms with E-state index >= 15 is 0 Å². The van der Waals surface area contributed by atoms with Crippen molar-refractivity contribution in [2.45, 2.75) is 19.8 Å². The molecular weight excluding hydrogens is 444 g/mol. The number of carboxylic acids is 1. The van der Waals surface area contributed by atoms with Crippen LogP contribution < -0.4 is 5.32 Å². The summed E-state index contributed by atoms with van der Waals surface area (Å²) in [5, 5.41) is 11.9. The summed E-state index contributed by atoms with van der Waals surface area (Å²) < 4.78 is 5.57. The van der Waals surface area contributed by atoms with E-state index < -0.39 is 18.0 Å². The second-order valence-electron chi connectivity index (χ2n) is 9.00. The number of amides is 2. The van der Waals surface area contributed by atoms with Crippen LogP contribution in [0.15, 0.2) is 72.8 Å². The van der Waals surface area contributed by atoms with Crippen molar-refractivity contribution in [2.75, 3.05) is 25.0 Å². The number of benzene rings is 3. The lowest BCUT2D eigenvalue weighted by molar-refractivity contribution is -0.137. The van der Waals surface area contributed by atoms with Gasteiger partial charge in [0.25, 0.3) is 5.91 Å². The van der Waals surface area contributed by atoms with Crippen LogP contribution in [0.25, 0.3) is 11.1 Å². The molecule has 35 heavy (non-hydrogen) atoms. The van der Waals surface area contributed by atoms with E-state index in [1.807, 2.05) is 38.1 Å². The lowest BCUT2D eigenvalue weighted by Crippen LogP contribution is -2.38. The summed E-state index contributed by atoms with van der Waals surface area (Å²) in [6, 6.07) is 22.6. The molecule has 3 aromatic rings. The van der Waals surface area contributed by atoms with Crippen LogP contribution >= 0.6 is 0 Å². The highest BCUT2D eigenvalue weighted by molar-refractivity contribution is 5.97. The number of ether oxygens (including phenoxy) is 1. The van der Waals surface area contributed by atoms with Gasteiger partial charge in [0, 0.05) is 23.7 Å². The number of fused-ring (bicyclic) bond motifs is 3. The molecule has 0 heterocycles. The summed E-state index contributed by atoms with van der Waals surface area (Å²) >= 11 is 0. The molecule has 2 amide bonds. The van der Waals surface area contributed by atoms with Gasteiger partial charge in [-0.05, 0) is 46.4 Å². The number of aliphatic carboxylic acids is 1. The van der Waals surface area contributed by atoms with E-state index in [-0.39, 0.29) is 25.0 Å². The fourth-order valence-electron chi connectivity index (χ4n) is 4.49. The van der Waals surface area contributed by atoms with Gasteiger partial charge in [-0.1, -0.05) is 68.4 Å². The Labute approximate surface area is 204 Å². The first-order valence-electron chi connectivity index (χ1n) is 11.6. The minimum atomic E-state index is -1.08. The first kappa shape index (κ1) is 24.0. The van der Waals surface area contributed by atoms with Gasteiger partial charge < -0.3 is 14.7 Å². The summed E-state index contributed by atoms with van der Waals surface area (Å²) in [5.74, 6) is -1.42. The van der Waals surface area contributed by atoms with Crippen LogP contribution in [0, 0.1) is 5.92 Å². The predicted octanol–water partition coefficient (Wildman–Crippen LogP) is 5.23. The molecule has 7 nitrogen and oxygen atoms in total. The Hall–Kier alpha value is -4.13. The number of hydrogen-bond donors (Lipinski definition) is 2. The zero-order valence-corrected chi connectivity index (χ0v) is 19.7. The Morgan fingerprint density at radius 2 is 1.57 bits per heavy atom. The Kier molecular flexibility index (Phi) is 7.15. The molecule has 0 fully saturated rings. The van der Waals surface area contributed by atoms with Gasteiger partial charge in [0.15, 0.2) is 0 Å². The van der Waals surface area contributed by atoms with Crippen molar-refractivity contribution in [3.63, 3.8) is 0 Å². The second-order valence-corrected chi connectivity index (χ2v) is 9.00. The maximum atomic E-state index is 12.9. The molecule has 7 heteroatoms. The van der Waals surface area contributed by atoms with Gasteiger partial charge in [-0.3, -0.25) is 14.9 Å². The van der Waals surface area contributed by atoms with Gasteiger partial charge in [-0.15, -0.1) is 0 Å². The zero-order chi connectivity index (χ0) is 24.9. The fraction of sp³-hybridized carbons (Fsp3) is 0.250. The molecule has 0 spiro atoms. The third kappa shape index (κ3) is 5.51. The van der Waals surface area contributed by atoms with E-state index in [0.29, 0.717) is 17.8 Å². The number of anilines is 1. The van der Waals surface area contributed by atoms with Crippen LogP contribution in [0.5, 0.6) is 0 Å². The number of carboxylic acid groups (broad SMARTS) is 1. The van der Waals surface area contributed by atoms with Crippen LogP contribution in [0.1, 0.15) is 41.3 Å². The fourth-order valence-corrected chi connectivity index (χ4v) is 4.49. The van der Waals surface area contributed by atoms with Gasteiger partial charge in [-0.25, -0.2) is 4.79 Å². The summed E-state index contributed by atoms with van der Waals surface area (Å²) in [6.45, 7) is 3.93. The van der Waals surface area contributed by atoms with E-state index in [2.05, 4.69) is 29.6 Å². The minimum Gasteiger partial charge on any atom is -0.480 e. The zero-order valence-electron chi connectivity index (χ0n) is 19.7. The van der Waals surface area contributed by atoms with Crippen LogP contribution in [0.2, 0.25) is 0 Å². The molecule has 0 aromatic heterocycles. The number of nitrogens with one attached hydrogen (secondary N) is 1. The first-order valence-corrected chi connectivity index (χ1v) is 11.6. The highest BCUT2D eigenvalue weighted by Gasteiger charge is 2.29. The maximum Gasteiger partial charge on any atom is 0.411 e. The number of nitrogens with zero attached hydrogens (tertiary/aromatic N) is 1. The predicted molar refractivity (Wildman–Crippen MR) is 134 cm³/mol. The highest BCUT2D eigenvalue weighted by Crippen LogP contribution is 2.44. The monoisotopic (exact) mass is 472 g/mol. The Bertz CT molecular complexity index is 1210. The van der Waals surface area contributed by atoms with Gasteiger partial charge in [-0.2, -0.15) is 0 Å². The lowest BCUT2D eigenvalue weighted by atomic mass is 9.98. The molecule has 180 valence electrons. The average molecular weight is 473 g/mol. The SMILES string of the molecule is CC(C)CN(CC(=O)O)C(=O)c1cccc(NC(=O)OCC2c3ccccc3-c3ccccc32)c1. The van der Waals surface area contributed by atoms with Crippen molar-refractivity contribution in [1.82, 2.24) is 4.90 Å². The molecule has 0 saturated heterocycles. The van der Waals surface area contributed by atoms with Crippen molar-refractivity contribution >= 4 is 23.7 Å². The molecule has 0 bridgehead atoms. The van der Waals surface area contributed by atoms with Crippen LogP contribution in [-0.4, -0.2) is 47.7 Å². The van der Waals surface area contributed by atoms with E-state index in [0.717, 1.165) is 22.3 Å². The lowest BCUT2D eigenvalue weighted by Gasteiger charge is -2.23. The minimum absolute atomic E-state index is 0.0540. The maximum absolute atomic E-state index is 12.9. The molecule has 2 N–H and O–H groups in total. The van der Waals surface area contributed by atoms with Crippen LogP contribution in [-0.2, 0) is 9.53 Å². The van der Waals surface area contributed by atoms with Crippen molar-refractivity contribution in [2.24, 2.45) is 5.92 Å². The van der Waals surface area contributed by atoms with Crippen molar-refractivity contribution in [1.29, 1.82) is 0 Å². The third-order valence-corrected chi connectivity index (χ3v) is 5.90. The van der Waals surface area contributed by atoms with E-state index in [1.165, 1.54) is 11.0 Å². The molecule has 4 rings (SSSR count). The smallest absolute Gasteiger partial charge is 0.411 e. The number of rotatable bonds is 8. The normalized spacial score (nSPS) is 12.1. The molecule has 1 aliphatic carbocycles. The molecule has 0 atom stereocenters. The molecule has 3 aromatic carbocycles. The molecule has 1 aliphatic rings. The van der Waals surface area contributed by atoms with E-state index in [9.17, 15) is 19.5 Å². The molecule has 0 saturated carbocycles. The average Bonchev–Trinajstić information content (AvgIpc) is 3.15. The number of hydrogen-bond acceptors (Lipinski definition) is 4. The third-order valence-electron chi connectivity index (χ3n) is 5.90. The van der Waals surface area contributed by atoms with Gasteiger partial charge in [0.1, 0.15) is 13.2 Å². The molecule has 0 radical (unpaired) electrons. The quantitative estimate of drug-likeness (QED) is 0.468. The number of carbonyl (C=O) groups is 3. The highest BCUT2D eigenvalue weighted by atomic mass is 16.5. The second kappa shape index (κ2) is 10.4. The number of carbonyl (C=O) groups excluding carboxylic acids is 2. The molecule has 0 unspecified atom stereocenters. The van der Waals surface area contributed by atoms with Gasteiger partial charge in [0.05, 0.1) is 0 Å². The summed E-state index contributed by atoms with van der Waals surface area (Å²) in [6.07, 6.45) is -0.624. The van der Waals surface area contributed by atoms with Crippen LogP contribution in [0.3, 0.4) is 0 Å². The summed E-state index contributed by atoms with van der Waals surface area (Å²) in [5.41, 5.74) is 5.23. The Morgan fingerprint density at radius 1 is 0.943 bits per heavy atom. The largest absolute Gasteiger partial charge is 0.480 e. The summed E-state index contributed by atoms with van der Waals surface area (Å²) in [4.78, 5) is 38.0. The van der Waals surface area contributed by atoms with Crippen molar-refractivity contribution in [3.05, 3.63) is 89.5 Å². The van der Waals surface area contributed by atoms with Crippen molar-refractivity contribution in [3.8, 4) is 11.1 Å². The molecular formula is C28H28N2O5. The Morgan fingerprint density at radius 3 is 2.17 bits per heavy atom.